The molecule has 1 aliphatic rings. The van der Waals surface area contributed by atoms with Crippen molar-refractivity contribution < 1.29 is 4.79 Å². The summed E-state index contributed by atoms with van der Waals surface area (Å²) in [4.78, 5) is 27.0. The van der Waals surface area contributed by atoms with Crippen molar-refractivity contribution in [1.82, 2.24) is 25.2 Å². The van der Waals surface area contributed by atoms with Crippen LogP contribution in [0.4, 0.5) is 0 Å². The maximum atomic E-state index is 11.4. The van der Waals surface area contributed by atoms with E-state index in [1.54, 1.807) is 13.1 Å². The molecule has 0 unspecified atom stereocenters. The molecule has 6 nitrogen and oxygen atoms in total. The summed E-state index contributed by atoms with van der Waals surface area (Å²) in [6.45, 7) is 6.47. The third-order valence-electron chi connectivity index (χ3n) is 4.57. The van der Waals surface area contributed by atoms with Gasteiger partial charge >= 0.3 is 0 Å². The summed E-state index contributed by atoms with van der Waals surface area (Å²) < 4.78 is 0. The quantitative estimate of drug-likeness (QED) is 0.874. The zero-order valence-electron chi connectivity index (χ0n) is 14.9. The van der Waals surface area contributed by atoms with Gasteiger partial charge in [0.05, 0.1) is 0 Å². The van der Waals surface area contributed by atoms with Gasteiger partial charge in [0, 0.05) is 56.8 Å². The number of aromatic nitrogens is 3. The van der Waals surface area contributed by atoms with Gasteiger partial charge in [-0.15, -0.1) is 0 Å². The number of nitrogens with zero attached hydrogens (tertiary/aromatic N) is 4. The lowest BCUT2D eigenvalue weighted by Gasteiger charge is -2.18. The molecule has 132 valence electrons. The van der Waals surface area contributed by atoms with Crippen molar-refractivity contribution >= 4 is 5.91 Å². The summed E-state index contributed by atoms with van der Waals surface area (Å²) in [6, 6.07) is 5.96. The van der Waals surface area contributed by atoms with Crippen molar-refractivity contribution in [3.63, 3.8) is 0 Å². The first kappa shape index (κ1) is 17.5. The van der Waals surface area contributed by atoms with Gasteiger partial charge in [-0.05, 0) is 24.5 Å². The molecule has 3 heterocycles. The molecule has 0 bridgehead atoms. The Bertz CT molecular complexity index is 689. The van der Waals surface area contributed by atoms with Crippen LogP contribution in [-0.4, -0.2) is 44.9 Å². The van der Waals surface area contributed by atoms with E-state index in [0.717, 1.165) is 43.7 Å². The van der Waals surface area contributed by atoms with Gasteiger partial charge in [0.2, 0.25) is 5.91 Å². The Labute approximate surface area is 148 Å². The molecule has 25 heavy (non-hydrogen) atoms. The summed E-state index contributed by atoms with van der Waals surface area (Å²) >= 11 is 0. The van der Waals surface area contributed by atoms with E-state index in [9.17, 15) is 4.79 Å². The molecule has 0 saturated carbocycles. The van der Waals surface area contributed by atoms with Gasteiger partial charge in [-0.2, -0.15) is 0 Å². The zero-order valence-corrected chi connectivity index (χ0v) is 14.9. The van der Waals surface area contributed by atoms with Crippen molar-refractivity contribution in [3.05, 3.63) is 42.4 Å². The molecule has 6 heteroatoms. The summed E-state index contributed by atoms with van der Waals surface area (Å²) in [5.74, 6) is 1.21. The highest BCUT2D eigenvalue weighted by atomic mass is 16.1. The Morgan fingerprint density at radius 3 is 2.68 bits per heavy atom. The zero-order chi connectivity index (χ0) is 17.6. The van der Waals surface area contributed by atoms with Crippen LogP contribution in [0.2, 0.25) is 0 Å². The van der Waals surface area contributed by atoms with E-state index in [2.05, 4.69) is 32.1 Å². The van der Waals surface area contributed by atoms with Crippen molar-refractivity contribution in [2.24, 2.45) is 5.92 Å². The Hall–Kier alpha value is -2.34. The Kier molecular flexibility index (Phi) is 5.71. The van der Waals surface area contributed by atoms with Crippen LogP contribution in [0.25, 0.3) is 11.5 Å². The summed E-state index contributed by atoms with van der Waals surface area (Å²) in [5, 5.41) is 3.10. The van der Waals surface area contributed by atoms with Crippen LogP contribution in [0.5, 0.6) is 0 Å². The smallest absolute Gasteiger partial charge is 0.217 e. The molecule has 1 amide bonds. The molecule has 1 aliphatic heterocycles. The lowest BCUT2D eigenvalue weighted by molar-refractivity contribution is -0.119. The first-order valence-corrected chi connectivity index (χ1v) is 8.87. The molecule has 2 aromatic heterocycles. The van der Waals surface area contributed by atoms with Crippen molar-refractivity contribution in [2.75, 3.05) is 13.1 Å². The van der Waals surface area contributed by atoms with E-state index in [1.807, 2.05) is 30.6 Å². The van der Waals surface area contributed by atoms with Crippen LogP contribution in [-0.2, 0) is 11.3 Å². The molecule has 0 spiro atoms. The number of pyridine rings is 1. The van der Waals surface area contributed by atoms with E-state index in [4.69, 9.17) is 0 Å². The molecular weight excluding hydrogens is 314 g/mol. The summed E-state index contributed by atoms with van der Waals surface area (Å²) in [6.07, 6.45) is 7.76. The fraction of sp³-hybridized carbons (Fsp3) is 0.474. The second-order valence-corrected chi connectivity index (χ2v) is 6.68. The van der Waals surface area contributed by atoms with Crippen LogP contribution in [0, 0.1) is 5.92 Å². The monoisotopic (exact) mass is 339 g/mol. The van der Waals surface area contributed by atoms with E-state index >= 15 is 0 Å². The van der Waals surface area contributed by atoms with Crippen LogP contribution in [0.1, 0.15) is 32.3 Å². The Morgan fingerprint density at radius 1 is 1.24 bits per heavy atom. The van der Waals surface area contributed by atoms with E-state index in [-0.39, 0.29) is 11.9 Å². The fourth-order valence-electron chi connectivity index (χ4n) is 3.50. The van der Waals surface area contributed by atoms with Gasteiger partial charge in [0.15, 0.2) is 5.82 Å². The standard InChI is InChI=1S/C19H25N5O/c1-3-6-16-12-24(13-18(16)23-14(2)25)11-15-9-21-19(22-10-15)17-7-4-5-8-20-17/h4-5,7-10,16,18H,3,6,11-13H2,1-2H3,(H,23,25)/t16-,18-/m1/s1. The lowest BCUT2D eigenvalue weighted by atomic mass is 9.98. The highest BCUT2D eigenvalue weighted by molar-refractivity contribution is 5.73. The number of nitrogens with one attached hydrogen (secondary N) is 1. The normalized spacial score (nSPS) is 20.6. The number of likely N-dealkylation sites (tertiary alicyclic amines) is 1. The van der Waals surface area contributed by atoms with Gasteiger partial charge in [-0.25, -0.2) is 9.97 Å². The predicted molar refractivity (Wildman–Crippen MR) is 96.5 cm³/mol. The number of carbonyl (C=O) groups is 1. The van der Waals surface area contributed by atoms with Gasteiger partial charge < -0.3 is 5.32 Å². The highest BCUT2D eigenvalue weighted by Crippen LogP contribution is 2.23. The number of hydrogen-bond donors (Lipinski definition) is 1. The second kappa shape index (κ2) is 8.16. The third kappa shape index (κ3) is 4.60. The molecule has 0 aliphatic carbocycles. The van der Waals surface area contributed by atoms with E-state index in [1.165, 1.54) is 0 Å². The average molecular weight is 339 g/mol. The van der Waals surface area contributed by atoms with Crippen molar-refractivity contribution in [1.29, 1.82) is 0 Å². The maximum absolute atomic E-state index is 11.4. The average Bonchev–Trinajstić information content (AvgIpc) is 2.97. The van der Waals surface area contributed by atoms with E-state index < -0.39 is 0 Å². The topological polar surface area (TPSA) is 71.0 Å². The molecule has 1 fully saturated rings. The first-order chi connectivity index (χ1) is 12.2. The number of amides is 1. The van der Waals surface area contributed by atoms with Gasteiger partial charge in [0.25, 0.3) is 0 Å². The summed E-state index contributed by atoms with van der Waals surface area (Å²) in [5.41, 5.74) is 1.86. The van der Waals surface area contributed by atoms with Gasteiger partial charge in [-0.1, -0.05) is 19.4 Å². The number of rotatable bonds is 6. The van der Waals surface area contributed by atoms with Crippen molar-refractivity contribution in [3.8, 4) is 11.5 Å². The van der Waals surface area contributed by atoms with Crippen molar-refractivity contribution in [2.45, 2.75) is 39.3 Å². The van der Waals surface area contributed by atoms with Gasteiger partial charge in [-0.3, -0.25) is 14.7 Å². The lowest BCUT2D eigenvalue weighted by Crippen LogP contribution is -2.39. The fourth-order valence-corrected chi connectivity index (χ4v) is 3.50. The maximum Gasteiger partial charge on any atom is 0.217 e. The molecule has 3 rings (SSSR count). The van der Waals surface area contributed by atoms with Crippen LogP contribution in [0.15, 0.2) is 36.8 Å². The molecule has 0 radical (unpaired) electrons. The SMILES string of the molecule is CCC[C@@H]1CN(Cc2cnc(-c3ccccn3)nc2)C[C@H]1NC(C)=O. The molecule has 1 saturated heterocycles. The number of carbonyl (C=O) groups excluding carboxylic acids is 1. The largest absolute Gasteiger partial charge is 0.352 e. The minimum atomic E-state index is 0.0519. The Balaban J connectivity index is 1.63. The second-order valence-electron chi connectivity index (χ2n) is 6.68. The number of hydrogen-bond acceptors (Lipinski definition) is 5. The molecule has 2 aromatic rings. The van der Waals surface area contributed by atoms with E-state index in [0.29, 0.717) is 11.7 Å². The minimum Gasteiger partial charge on any atom is -0.352 e. The van der Waals surface area contributed by atoms with Crippen LogP contribution in [0.3, 0.4) is 0 Å². The third-order valence-corrected chi connectivity index (χ3v) is 4.57. The van der Waals surface area contributed by atoms with Gasteiger partial charge in [0.1, 0.15) is 5.69 Å². The van der Waals surface area contributed by atoms with Crippen LogP contribution >= 0.6 is 0 Å². The molecule has 2 atom stereocenters. The molecular formula is C19H25N5O. The predicted octanol–water partition coefficient (Wildman–Crippen LogP) is 2.28. The summed E-state index contributed by atoms with van der Waals surface area (Å²) in [7, 11) is 0. The first-order valence-electron chi connectivity index (χ1n) is 8.87. The highest BCUT2D eigenvalue weighted by Gasteiger charge is 2.32. The van der Waals surface area contributed by atoms with Crippen LogP contribution < -0.4 is 5.32 Å². The molecule has 0 aromatic carbocycles. The Morgan fingerprint density at radius 2 is 2.04 bits per heavy atom. The molecule has 1 N–H and O–H groups in total. The minimum absolute atomic E-state index is 0.0519.